The van der Waals surface area contributed by atoms with E-state index in [1.54, 1.807) is 23.9 Å². The minimum absolute atomic E-state index is 0.185. The highest BCUT2D eigenvalue weighted by Crippen LogP contribution is 2.54. The van der Waals surface area contributed by atoms with E-state index in [1.807, 2.05) is 42.7 Å². The van der Waals surface area contributed by atoms with Gasteiger partial charge in [-0.3, -0.25) is 24.6 Å². The summed E-state index contributed by atoms with van der Waals surface area (Å²) < 4.78 is 0. The molecule has 2 aromatic carbocycles. The maximum Gasteiger partial charge on any atom is 0.250 e. The third kappa shape index (κ3) is 3.10. The fourth-order valence-electron chi connectivity index (χ4n) is 5.45. The number of nitrogens with zero attached hydrogens (tertiary/aromatic N) is 1. The molecule has 6 nitrogen and oxygen atoms in total. The number of para-hydroxylation sites is 1. The maximum atomic E-state index is 13.7. The summed E-state index contributed by atoms with van der Waals surface area (Å²) in [7, 11) is 0. The molecule has 2 fully saturated rings. The van der Waals surface area contributed by atoms with Crippen LogP contribution in [-0.2, 0) is 26.3 Å². The molecule has 3 amide bonds. The molecule has 1 spiro atoms. The number of hydrogen-bond donors (Lipinski definition) is 2. The minimum Gasteiger partial charge on any atom is -0.323 e. The van der Waals surface area contributed by atoms with Gasteiger partial charge in [-0.25, -0.2) is 0 Å². The highest BCUT2D eigenvalue weighted by molar-refractivity contribution is 7.98. The number of benzene rings is 2. The molecule has 0 bridgehead atoms. The summed E-state index contributed by atoms with van der Waals surface area (Å²) in [5, 5.41) is 6.74. The van der Waals surface area contributed by atoms with Gasteiger partial charge >= 0.3 is 0 Å². The predicted molar refractivity (Wildman–Crippen MR) is 126 cm³/mol. The van der Waals surface area contributed by atoms with Crippen LogP contribution in [0.3, 0.4) is 0 Å². The third-order valence-corrected chi connectivity index (χ3v) is 7.85. The molecule has 2 saturated heterocycles. The highest BCUT2D eigenvalue weighted by Gasteiger charge is 2.70. The van der Waals surface area contributed by atoms with Crippen LogP contribution in [-0.4, -0.2) is 47.2 Å². The second-order valence-electron chi connectivity index (χ2n) is 8.52. The zero-order chi connectivity index (χ0) is 22.5. The van der Waals surface area contributed by atoms with Gasteiger partial charge in [0.1, 0.15) is 5.54 Å². The molecule has 4 atom stereocenters. The van der Waals surface area contributed by atoms with E-state index >= 15 is 0 Å². The van der Waals surface area contributed by atoms with Crippen molar-refractivity contribution < 1.29 is 14.4 Å². The lowest BCUT2D eigenvalue weighted by Crippen LogP contribution is -2.53. The Morgan fingerprint density at radius 3 is 2.59 bits per heavy atom. The summed E-state index contributed by atoms with van der Waals surface area (Å²) in [6.45, 7) is 0.310. The first-order valence-electron chi connectivity index (χ1n) is 10.7. The number of imide groups is 1. The van der Waals surface area contributed by atoms with E-state index in [0.717, 1.165) is 11.3 Å². The molecule has 0 aliphatic carbocycles. The van der Waals surface area contributed by atoms with E-state index in [4.69, 9.17) is 11.6 Å². The van der Waals surface area contributed by atoms with Crippen LogP contribution in [0.25, 0.3) is 0 Å². The topological polar surface area (TPSA) is 78.5 Å². The van der Waals surface area contributed by atoms with E-state index in [9.17, 15) is 14.4 Å². The zero-order valence-electron chi connectivity index (χ0n) is 17.6. The Balaban J connectivity index is 1.53. The van der Waals surface area contributed by atoms with Gasteiger partial charge in [0, 0.05) is 18.2 Å². The van der Waals surface area contributed by atoms with Crippen molar-refractivity contribution in [2.45, 2.75) is 24.4 Å². The normalized spacial score (nSPS) is 28.4. The van der Waals surface area contributed by atoms with Gasteiger partial charge in [0.2, 0.25) is 17.7 Å². The number of thioether (sulfide) groups is 1. The monoisotopic (exact) mass is 469 g/mol. The van der Waals surface area contributed by atoms with Crippen molar-refractivity contribution in [3.05, 3.63) is 64.7 Å². The molecule has 166 valence electrons. The number of nitrogens with one attached hydrogen (secondary N) is 2. The van der Waals surface area contributed by atoms with Crippen LogP contribution in [0.1, 0.15) is 17.5 Å². The average molecular weight is 470 g/mol. The molecular formula is C24H24ClN3O3S. The molecule has 0 radical (unpaired) electrons. The van der Waals surface area contributed by atoms with Crippen LogP contribution >= 0.6 is 23.4 Å². The highest BCUT2D eigenvalue weighted by atomic mass is 35.5. The van der Waals surface area contributed by atoms with E-state index in [0.29, 0.717) is 35.7 Å². The number of halogens is 1. The number of amides is 3. The summed E-state index contributed by atoms with van der Waals surface area (Å²) in [6, 6.07) is 14.8. The Morgan fingerprint density at radius 1 is 1.06 bits per heavy atom. The summed E-state index contributed by atoms with van der Waals surface area (Å²) in [5.41, 5.74) is 0.969. The van der Waals surface area contributed by atoms with Crippen LogP contribution < -0.4 is 10.6 Å². The SMILES string of the molecule is CSCC[C@@H]1N[C@]2(C(=O)Nc3c(Cl)cccc32)[C@@H]2C(=O)N(CCc3ccccc3)C(=O)[C@H]12. The second-order valence-corrected chi connectivity index (χ2v) is 9.92. The molecule has 8 heteroatoms. The predicted octanol–water partition coefficient (Wildman–Crippen LogP) is 3.06. The van der Waals surface area contributed by atoms with E-state index in [-0.39, 0.29) is 23.8 Å². The number of hydrogen-bond acceptors (Lipinski definition) is 5. The summed E-state index contributed by atoms with van der Waals surface area (Å²) in [6.07, 6.45) is 3.29. The van der Waals surface area contributed by atoms with Gasteiger partial charge in [0.25, 0.3) is 0 Å². The maximum absolute atomic E-state index is 13.7. The van der Waals surface area contributed by atoms with Crippen molar-refractivity contribution in [1.82, 2.24) is 10.2 Å². The lowest BCUT2D eigenvalue weighted by atomic mass is 9.76. The van der Waals surface area contributed by atoms with E-state index < -0.39 is 17.4 Å². The van der Waals surface area contributed by atoms with E-state index in [1.165, 1.54) is 4.90 Å². The first-order valence-corrected chi connectivity index (χ1v) is 12.5. The van der Waals surface area contributed by atoms with Crippen LogP contribution in [0.4, 0.5) is 5.69 Å². The Morgan fingerprint density at radius 2 is 1.84 bits per heavy atom. The Labute approximate surface area is 196 Å². The molecule has 5 rings (SSSR count). The van der Waals surface area contributed by atoms with Gasteiger partial charge in [-0.05, 0) is 36.5 Å². The number of anilines is 1. The molecule has 0 unspecified atom stereocenters. The molecular weight excluding hydrogens is 446 g/mol. The molecule has 2 N–H and O–H groups in total. The van der Waals surface area contributed by atoms with Crippen molar-refractivity contribution in [3.8, 4) is 0 Å². The zero-order valence-corrected chi connectivity index (χ0v) is 19.2. The van der Waals surface area contributed by atoms with Gasteiger partial charge in [0.05, 0.1) is 22.5 Å². The smallest absolute Gasteiger partial charge is 0.250 e. The van der Waals surface area contributed by atoms with E-state index in [2.05, 4.69) is 10.6 Å². The summed E-state index contributed by atoms with van der Waals surface area (Å²) in [5.74, 6) is -1.30. The number of carbonyl (C=O) groups is 3. The lowest BCUT2D eigenvalue weighted by Gasteiger charge is -2.29. The Kier molecular flexibility index (Phi) is 5.51. The third-order valence-electron chi connectivity index (χ3n) is 6.89. The quantitative estimate of drug-likeness (QED) is 0.636. The lowest BCUT2D eigenvalue weighted by molar-refractivity contribution is -0.142. The van der Waals surface area contributed by atoms with Gasteiger partial charge in [0.15, 0.2) is 0 Å². The molecule has 32 heavy (non-hydrogen) atoms. The molecule has 3 aliphatic rings. The van der Waals surface area contributed by atoms with Crippen LogP contribution in [0.15, 0.2) is 48.5 Å². The standard InChI is InChI=1S/C24H24ClN3O3S/c1-32-13-11-17-18-19(22(30)28(21(18)29)12-10-14-6-3-2-4-7-14)24(27-17)15-8-5-9-16(25)20(15)26-23(24)31/h2-9,17-19,27H,10-13H2,1H3,(H,26,31)/t17-,18+,19-,24-/m0/s1. The van der Waals surface area contributed by atoms with Gasteiger partial charge in [-0.1, -0.05) is 54.1 Å². The fourth-order valence-corrected chi connectivity index (χ4v) is 6.16. The molecule has 0 saturated carbocycles. The van der Waals surface area contributed by atoms with Crippen LogP contribution in [0.5, 0.6) is 0 Å². The van der Waals surface area contributed by atoms with Crippen molar-refractivity contribution in [2.24, 2.45) is 11.8 Å². The number of rotatable bonds is 6. The Hall–Kier alpha value is -2.35. The number of carbonyl (C=O) groups excluding carboxylic acids is 3. The van der Waals surface area contributed by atoms with Gasteiger partial charge in [-0.2, -0.15) is 11.8 Å². The number of fused-ring (bicyclic) bond motifs is 4. The molecule has 3 aliphatic heterocycles. The minimum atomic E-state index is -1.28. The van der Waals surface area contributed by atoms with Crippen LogP contribution in [0, 0.1) is 11.8 Å². The summed E-state index contributed by atoms with van der Waals surface area (Å²) >= 11 is 8.04. The Bertz CT molecular complexity index is 1100. The average Bonchev–Trinajstić information content (AvgIpc) is 3.38. The fraction of sp³-hybridized carbons (Fsp3) is 0.375. The van der Waals surface area contributed by atoms with Crippen molar-refractivity contribution in [2.75, 3.05) is 23.9 Å². The van der Waals surface area contributed by atoms with Crippen molar-refractivity contribution >= 4 is 46.8 Å². The number of likely N-dealkylation sites (tertiary alicyclic amines) is 1. The van der Waals surface area contributed by atoms with Gasteiger partial charge in [-0.15, -0.1) is 0 Å². The van der Waals surface area contributed by atoms with Crippen LogP contribution in [0.2, 0.25) is 5.02 Å². The van der Waals surface area contributed by atoms with Gasteiger partial charge < -0.3 is 5.32 Å². The molecule has 2 aromatic rings. The second kappa shape index (κ2) is 8.21. The largest absolute Gasteiger partial charge is 0.323 e. The summed E-state index contributed by atoms with van der Waals surface area (Å²) in [4.78, 5) is 42.0. The van der Waals surface area contributed by atoms with Crippen molar-refractivity contribution in [1.29, 1.82) is 0 Å². The molecule has 0 aromatic heterocycles. The first-order chi connectivity index (χ1) is 15.5. The van der Waals surface area contributed by atoms with Crippen molar-refractivity contribution in [3.63, 3.8) is 0 Å². The molecule has 3 heterocycles. The first kappa shape index (κ1) is 21.5.